The van der Waals surface area contributed by atoms with Gasteiger partial charge in [-0.2, -0.15) is 0 Å². The molecule has 3 atom stereocenters. The number of thioether (sulfide) groups is 1. The van der Waals surface area contributed by atoms with E-state index in [1.165, 1.54) is 18.0 Å². The molecular weight excluding hydrogens is 203 g/mol. The summed E-state index contributed by atoms with van der Waals surface area (Å²) in [6, 6.07) is 0.652. The van der Waals surface area contributed by atoms with Crippen molar-refractivity contribution in [1.29, 1.82) is 0 Å². The van der Waals surface area contributed by atoms with Crippen LogP contribution in [0.4, 0.5) is 0 Å². The minimum absolute atomic E-state index is 0.0243. The molecule has 2 aliphatic rings. The van der Waals surface area contributed by atoms with Gasteiger partial charge in [0.1, 0.15) is 0 Å². The molecule has 1 heterocycles. The Morgan fingerprint density at radius 3 is 3.00 bits per heavy atom. The third kappa shape index (κ3) is 2.20. The molecule has 2 radical (unpaired) electrons. The first kappa shape index (κ1) is 11.4. The van der Waals surface area contributed by atoms with Gasteiger partial charge >= 0.3 is 0 Å². The zero-order valence-corrected chi connectivity index (χ0v) is 10.7. The SMILES string of the molecule is [B]C1(C)CCCC2[C@H](C1)SC(=NC)N2C. The van der Waals surface area contributed by atoms with Crippen LogP contribution < -0.4 is 0 Å². The number of fused-ring (bicyclic) bond motifs is 1. The highest BCUT2D eigenvalue weighted by atomic mass is 32.2. The minimum Gasteiger partial charge on any atom is -0.350 e. The Kier molecular flexibility index (Phi) is 3.06. The van der Waals surface area contributed by atoms with Crippen molar-refractivity contribution in [1.82, 2.24) is 4.90 Å². The van der Waals surface area contributed by atoms with Gasteiger partial charge in [-0.3, -0.25) is 4.99 Å². The fraction of sp³-hybridized carbons (Fsp3) is 0.909. The van der Waals surface area contributed by atoms with Crippen molar-refractivity contribution in [2.45, 2.75) is 49.2 Å². The molecule has 0 amide bonds. The van der Waals surface area contributed by atoms with Gasteiger partial charge in [0, 0.05) is 25.4 Å². The summed E-state index contributed by atoms with van der Waals surface area (Å²) in [5.74, 6) is 0. The van der Waals surface area contributed by atoms with Crippen LogP contribution in [0.2, 0.25) is 5.31 Å². The largest absolute Gasteiger partial charge is 0.350 e. The van der Waals surface area contributed by atoms with E-state index < -0.39 is 0 Å². The summed E-state index contributed by atoms with van der Waals surface area (Å²) in [5.41, 5.74) is 0. The van der Waals surface area contributed by atoms with E-state index in [2.05, 4.69) is 23.9 Å². The van der Waals surface area contributed by atoms with Crippen LogP contribution in [0.5, 0.6) is 0 Å². The molecule has 0 N–H and O–H groups in total. The van der Waals surface area contributed by atoms with Crippen molar-refractivity contribution in [3.8, 4) is 0 Å². The minimum atomic E-state index is 0.0243. The van der Waals surface area contributed by atoms with Gasteiger partial charge in [0.15, 0.2) is 5.17 Å². The first-order valence-corrected chi connectivity index (χ1v) is 6.56. The van der Waals surface area contributed by atoms with Crippen molar-refractivity contribution in [2.75, 3.05) is 14.1 Å². The Bertz CT molecular complexity index is 278. The molecule has 82 valence electrons. The lowest BCUT2D eigenvalue weighted by atomic mass is 9.65. The molecule has 1 saturated heterocycles. The maximum Gasteiger partial charge on any atom is 0.159 e. The molecule has 0 bridgehead atoms. The average molecular weight is 222 g/mol. The summed E-state index contributed by atoms with van der Waals surface area (Å²) in [6.07, 6.45) is 4.79. The number of rotatable bonds is 0. The molecule has 0 aromatic carbocycles. The lowest BCUT2D eigenvalue weighted by Crippen LogP contribution is -2.33. The van der Waals surface area contributed by atoms with E-state index in [9.17, 15) is 0 Å². The van der Waals surface area contributed by atoms with Crippen LogP contribution in [-0.2, 0) is 0 Å². The monoisotopic (exact) mass is 222 g/mol. The molecule has 2 fully saturated rings. The third-order valence-corrected chi connectivity index (χ3v) is 5.06. The first-order chi connectivity index (χ1) is 7.03. The van der Waals surface area contributed by atoms with Crippen LogP contribution in [-0.4, -0.2) is 43.3 Å². The highest BCUT2D eigenvalue weighted by molar-refractivity contribution is 8.14. The zero-order valence-electron chi connectivity index (χ0n) is 9.86. The summed E-state index contributed by atoms with van der Waals surface area (Å²) in [4.78, 5) is 6.68. The van der Waals surface area contributed by atoms with Crippen LogP contribution >= 0.6 is 11.8 Å². The summed E-state index contributed by atoms with van der Waals surface area (Å²) >= 11 is 1.91. The summed E-state index contributed by atoms with van der Waals surface area (Å²) in [6.45, 7) is 2.19. The van der Waals surface area contributed by atoms with Gasteiger partial charge in [-0.15, -0.1) is 0 Å². The van der Waals surface area contributed by atoms with Crippen molar-refractivity contribution in [3.05, 3.63) is 0 Å². The quantitative estimate of drug-likeness (QED) is 0.584. The highest BCUT2D eigenvalue weighted by Gasteiger charge is 2.41. The van der Waals surface area contributed by atoms with Gasteiger partial charge in [-0.25, -0.2) is 0 Å². The average Bonchev–Trinajstić information content (AvgIpc) is 2.37. The van der Waals surface area contributed by atoms with Crippen molar-refractivity contribution < 1.29 is 0 Å². The third-order valence-electron chi connectivity index (χ3n) is 3.59. The number of hydrogen-bond acceptors (Lipinski definition) is 2. The smallest absolute Gasteiger partial charge is 0.159 e. The second kappa shape index (κ2) is 4.04. The van der Waals surface area contributed by atoms with Gasteiger partial charge in [0.2, 0.25) is 0 Å². The van der Waals surface area contributed by atoms with Gasteiger partial charge in [0.25, 0.3) is 0 Å². The molecule has 1 aliphatic heterocycles. The molecule has 4 heteroatoms. The Morgan fingerprint density at radius 1 is 1.60 bits per heavy atom. The number of amidine groups is 1. The van der Waals surface area contributed by atoms with Gasteiger partial charge in [-0.1, -0.05) is 36.8 Å². The van der Waals surface area contributed by atoms with E-state index in [0.29, 0.717) is 11.3 Å². The molecule has 0 aromatic heterocycles. The summed E-state index contributed by atoms with van der Waals surface area (Å²) < 4.78 is 0. The van der Waals surface area contributed by atoms with Crippen LogP contribution in [0.25, 0.3) is 0 Å². The lowest BCUT2D eigenvalue weighted by Gasteiger charge is -2.26. The maximum atomic E-state index is 6.29. The normalized spacial score (nSPS) is 44.2. The van der Waals surface area contributed by atoms with E-state index in [-0.39, 0.29) is 5.31 Å². The molecule has 2 unspecified atom stereocenters. The molecular formula is C11H19BN2S. The number of nitrogens with zero attached hydrogens (tertiary/aromatic N) is 2. The molecule has 1 saturated carbocycles. The Labute approximate surface area is 98.3 Å². The summed E-state index contributed by atoms with van der Waals surface area (Å²) in [5, 5.41) is 1.85. The predicted molar refractivity (Wildman–Crippen MR) is 68.9 cm³/mol. The summed E-state index contributed by atoms with van der Waals surface area (Å²) in [7, 11) is 10.3. The van der Waals surface area contributed by atoms with Crippen molar-refractivity contribution in [3.63, 3.8) is 0 Å². The molecule has 2 rings (SSSR count). The zero-order chi connectivity index (χ0) is 11.1. The van der Waals surface area contributed by atoms with Gasteiger partial charge in [0.05, 0.1) is 7.85 Å². The molecule has 15 heavy (non-hydrogen) atoms. The van der Waals surface area contributed by atoms with E-state index in [0.717, 1.165) is 12.8 Å². The Hall–Kier alpha value is -0.115. The van der Waals surface area contributed by atoms with Crippen molar-refractivity contribution >= 4 is 24.8 Å². The highest BCUT2D eigenvalue weighted by Crippen LogP contribution is 2.46. The van der Waals surface area contributed by atoms with E-state index in [1.54, 1.807) is 0 Å². The topological polar surface area (TPSA) is 15.6 Å². The second-order valence-electron chi connectivity index (χ2n) is 5.09. The molecule has 0 aromatic rings. The van der Waals surface area contributed by atoms with E-state index in [1.807, 2.05) is 18.8 Å². The fourth-order valence-corrected chi connectivity index (χ4v) is 4.35. The fourth-order valence-electron chi connectivity index (χ4n) is 2.73. The van der Waals surface area contributed by atoms with Gasteiger partial charge in [-0.05, 0) is 12.8 Å². The number of hydrogen-bond donors (Lipinski definition) is 0. The second-order valence-corrected chi connectivity index (χ2v) is 6.30. The van der Waals surface area contributed by atoms with E-state index in [4.69, 9.17) is 7.85 Å². The molecule has 2 nitrogen and oxygen atoms in total. The van der Waals surface area contributed by atoms with Crippen LogP contribution in [0.1, 0.15) is 32.6 Å². The molecule has 0 spiro atoms. The predicted octanol–water partition coefficient (Wildman–Crippen LogP) is 2.31. The standard InChI is InChI=1S/C11H19BN2S/c1-11(12)6-4-5-8-9(7-11)15-10(13-2)14(8)3/h8-9H,4-7H2,1-3H3/t8?,9-,11?/m0/s1. The van der Waals surface area contributed by atoms with E-state index >= 15 is 0 Å². The Balaban J connectivity index is 2.16. The van der Waals surface area contributed by atoms with Crippen LogP contribution in [0.3, 0.4) is 0 Å². The Morgan fingerprint density at radius 2 is 2.33 bits per heavy atom. The van der Waals surface area contributed by atoms with Gasteiger partial charge < -0.3 is 4.90 Å². The van der Waals surface area contributed by atoms with Crippen LogP contribution in [0.15, 0.2) is 4.99 Å². The maximum absolute atomic E-state index is 6.29. The van der Waals surface area contributed by atoms with Crippen LogP contribution in [0, 0.1) is 0 Å². The lowest BCUT2D eigenvalue weighted by molar-refractivity contribution is 0.354. The van der Waals surface area contributed by atoms with Crippen molar-refractivity contribution in [2.24, 2.45) is 4.99 Å². The number of aliphatic imine (C=N–C) groups is 1. The first-order valence-electron chi connectivity index (χ1n) is 5.69. The molecule has 1 aliphatic carbocycles.